The van der Waals surface area contributed by atoms with E-state index in [9.17, 15) is 19.5 Å². The quantitative estimate of drug-likeness (QED) is 0.478. The number of rotatable bonds is 7. The molecule has 0 aromatic carbocycles. The first kappa shape index (κ1) is 20.4. The maximum Gasteiger partial charge on any atom is 0.331 e. The van der Waals surface area contributed by atoms with Gasteiger partial charge in [0.25, 0.3) is 0 Å². The number of hydrogen-bond acceptors (Lipinski definition) is 6. The van der Waals surface area contributed by atoms with Gasteiger partial charge in [-0.25, -0.2) is 4.79 Å². The number of carboxylic acid groups (broad SMARTS) is 1. The fraction of sp³-hybridized carbons (Fsp3) is 0.812. The van der Waals surface area contributed by atoms with Gasteiger partial charge in [0.2, 0.25) is 5.91 Å². The molecule has 1 aliphatic carbocycles. The summed E-state index contributed by atoms with van der Waals surface area (Å²) in [5.41, 5.74) is 5.43. The van der Waals surface area contributed by atoms with Crippen LogP contribution in [0.3, 0.4) is 0 Å². The first-order valence-corrected chi connectivity index (χ1v) is 8.15. The van der Waals surface area contributed by atoms with Crippen molar-refractivity contribution in [2.24, 2.45) is 17.1 Å². The molecule has 24 heavy (non-hydrogen) atoms. The second kappa shape index (κ2) is 8.43. The Morgan fingerprint density at radius 3 is 2.42 bits per heavy atom. The molecule has 1 amide bonds. The zero-order valence-electron chi connectivity index (χ0n) is 14.4. The monoisotopic (exact) mass is 344 g/mol. The largest absolute Gasteiger partial charge is 0.481 e. The number of carboxylic acids is 1. The zero-order valence-corrected chi connectivity index (χ0v) is 14.4. The average molecular weight is 344 g/mol. The smallest absolute Gasteiger partial charge is 0.331 e. The SMILES string of the molecule is CC(C)(C)C1CCCC1OC(=O)[C@@H](CO)NC(=O)[C@@H](N)CC(=O)O. The molecule has 1 saturated carbocycles. The molecule has 8 nitrogen and oxygen atoms in total. The molecule has 0 heterocycles. The minimum Gasteiger partial charge on any atom is -0.481 e. The number of aliphatic carboxylic acids is 1. The van der Waals surface area contributed by atoms with Crippen molar-refractivity contribution in [1.82, 2.24) is 5.32 Å². The molecule has 0 bridgehead atoms. The molecule has 0 spiro atoms. The minimum absolute atomic E-state index is 0.0107. The first-order valence-electron chi connectivity index (χ1n) is 8.15. The summed E-state index contributed by atoms with van der Waals surface area (Å²) in [5.74, 6) is -2.55. The summed E-state index contributed by atoms with van der Waals surface area (Å²) in [6.07, 6.45) is 1.85. The Labute approximate surface area is 141 Å². The van der Waals surface area contributed by atoms with Crippen LogP contribution in [0.4, 0.5) is 0 Å². The predicted molar refractivity (Wildman–Crippen MR) is 85.9 cm³/mol. The van der Waals surface area contributed by atoms with Crippen LogP contribution < -0.4 is 11.1 Å². The van der Waals surface area contributed by atoms with E-state index in [-0.39, 0.29) is 17.4 Å². The van der Waals surface area contributed by atoms with Gasteiger partial charge < -0.3 is 26.0 Å². The third-order valence-corrected chi connectivity index (χ3v) is 4.35. The predicted octanol–water partition coefficient (Wildman–Crippen LogP) is 0.0235. The third kappa shape index (κ3) is 5.76. The van der Waals surface area contributed by atoms with Crippen LogP contribution in [0.15, 0.2) is 0 Å². The van der Waals surface area contributed by atoms with Crippen molar-refractivity contribution >= 4 is 17.8 Å². The Balaban J connectivity index is 2.63. The Morgan fingerprint density at radius 1 is 1.29 bits per heavy atom. The second-order valence-corrected chi connectivity index (χ2v) is 7.33. The van der Waals surface area contributed by atoms with Crippen LogP contribution in [0.1, 0.15) is 46.5 Å². The molecular formula is C16H28N2O6. The fourth-order valence-electron chi connectivity index (χ4n) is 3.03. The summed E-state index contributed by atoms with van der Waals surface area (Å²) in [6, 6.07) is -2.54. The fourth-order valence-corrected chi connectivity index (χ4v) is 3.03. The van der Waals surface area contributed by atoms with E-state index < -0.39 is 43.0 Å². The highest BCUT2D eigenvalue weighted by molar-refractivity contribution is 5.89. The van der Waals surface area contributed by atoms with Gasteiger partial charge in [0, 0.05) is 5.92 Å². The lowest BCUT2D eigenvalue weighted by atomic mass is 9.78. The number of amides is 1. The second-order valence-electron chi connectivity index (χ2n) is 7.33. The van der Waals surface area contributed by atoms with Gasteiger partial charge in [-0.15, -0.1) is 0 Å². The van der Waals surface area contributed by atoms with E-state index in [0.29, 0.717) is 0 Å². The molecule has 0 aromatic heterocycles. The van der Waals surface area contributed by atoms with Crippen molar-refractivity contribution in [3.8, 4) is 0 Å². The summed E-state index contributed by atoms with van der Waals surface area (Å²) in [7, 11) is 0. The minimum atomic E-state index is -1.29. The average Bonchev–Trinajstić information content (AvgIpc) is 2.91. The topological polar surface area (TPSA) is 139 Å². The molecule has 8 heteroatoms. The number of aliphatic hydroxyl groups excluding tert-OH is 1. The van der Waals surface area contributed by atoms with Crippen LogP contribution in [0.2, 0.25) is 0 Å². The molecule has 5 N–H and O–H groups in total. The molecular weight excluding hydrogens is 316 g/mol. The lowest BCUT2D eigenvalue weighted by Crippen LogP contribution is -2.51. The van der Waals surface area contributed by atoms with Crippen molar-refractivity contribution < 1.29 is 29.3 Å². The lowest BCUT2D eigenvalue weighted by molar-refractivity contribution is -0.157. The van der Waals surface area contributed by atoms with E-state index in [1.165, 1.54) is 0 Å². The van der Waals surface area contributed by atoms with E-state index >= 15 is 0 Å². The summed E-state index contributed by atoms with van der Waals surface area (Å²) < 4.78 is 5.49. The van der Waals surface area contributed by atoms with Gasteiger partial charge in [-0.05, 0) is 24.7 Å². The highest BCUT2D eigenvalue weighted by Gasteiger charge is 2.39. The summed E-state index contributed by atoms with van der Waals surface area (Å²) in [6.45, 7) is 5.61. The van der Waals surface area contributed by atoms with E-state index in [1.54, 1.807) is 0 Å². The van der Waals surface area contributed by atoms with E-state index in [0.717, 1.165) is 19.3 Å². The van der Waals surface area contributed by atoms with Crippen LogP contribution >= 0.6 is 0 Å². The van der Waals surface area contributed by atoms with Gasteiger partial charge >= 0.3 is 11.9 Å². The Hall–Kier alpha value is -1.67. The number of ether oxygens (including phenoxy) is 1. The van der Waals surface area contributed by atoms with Crippen molar-refractivity contribution in [3.05, 3.63) is 0 Å². The lowest BCUT2D eigenvalue weighted by Gasteiger charge is -2.32. The van der Waals surface area contributed by atoms with Crippen molar-refractivity contribution in [2.75, 3.05) is 6.61 Å². The summed E-state index contributed by atoms with van der Waals surface area (Å²) >= 11 is 0. The van der Waals surface area contributed by atoms with Crippen LogP contribution in [0, 0.1) is 11.3 Å². The standard InChI is InChI=1S/C16H28N2O6/c1-16(2,3)9-5-4-6-12(9)24-15(23)11(8-19)18-14(22)10(17)7-13(20)21/h9-12,19H,4-8,17H2,1-3H3,(H,18,22)(H,20,21)/t9?,10-,11+,12?/m0/s1. The van der Waals surface area contributed by atoms with Crippen LogP contribution in [-0.2, 0) is 19.1 Å². The molecule has 4 atom stereocenters. The van der Waals surface area contributed by atoms with Gasteiger partial charge in [0.1, 0.15) is 6.10 Å². The van der Waals surface area contributed by atoms with Gasteiger partial charge in [0.05, 0.1) is 19.1 Å². The maximum atomic E-state index is 12.2. The molecule has 1 rings (SSSR count). The number of nitrogens with one attached hydrogen (secondary N) is 1. The van der Waals surface area contributed by atoms with Crippen LogP contribution in [0.5, 0.6) is 0 Å². The van der Waals surface area contributed by atoms with Gasteiger partial charge in [0.15, 0.2) is 6.04 Å². The normalized spacial score (nSPS) is 23.4. The number of hydrogen-bond donors (Lipinski definition) is 4. The Bertz CT molecular complexity index is 474. The molecule has 0 saturated heterocycles. The van der Waals surface area contributed by atoms with Gasteiger partial charge in [-0.1, -0.05) is 20.8 Å². The van der Waals surface area contributed by atoms with Crippen molar-refractivity contribution in [2.45, 2.75) is 64.6 Å². The van der Waals surface area contributed by atoms with E-state index in [4.69, 9.17) is 15.6 Å². The van der Waals surface area contributed by atoms with Gasteiger partial charge in [-0.3, -0.25) is 9.59 Å². The maximum absolute atomic E-state index is 12.2. The number of esters is 1. The molecule has 0 aliphatic heterocycles. The summed E-state index contributed by atoms with van der Waals surface area (Å²) in [4.78, 5) is 34.6. The van der Waals surface area contributed by atoms with Gasteiger partial charge in [-0.2, -0.15) is 0 Å². The number of aliphatic hydroxyl groups is 1. The number of carbonyl (C=O) groups excluding carboxylic acids is 2. The highest BCUT2D eigenvalue weighted by Crippen LogP contribution is 2.41. The zero-order chi connectivity index (χ0) is 18.5. The van der Waals surface area contributed by atoms with Crippen molar-refractivity contribution in [1.29, 1.82) is 0 Å². The Kier molecular flexibility index (Phi) is 7.16. The first-order chi connectivity index (χ1) is 11.1. The third-order valence-electron chi connectivity index (χ3n) is 4.35. The molecule has 0 radical (unpaired) electrons. The summed E-state index contributed by atoms with van der Waals surface area (Å²) in [5, 5.41) is 20.2. The van der Waals surface area contributed by atoms with Crippen LogP contribution in [0.25, 0.3) is 0 Å². The van der Waals surface area contributed by atoms with E-state index in [1.807, 2.05) is 0 Å². The molecule has 2 unspecified atom stereocenters. The van der Waals surface area contributed by atoms with Crippen molar-refractivity contribution in [3.63, 3.8) is 0 Å². The number of carbonyl (C=O) groups is 3. The molecule has 1 aliphatic rings. The highest BCUT2D eigenvalue weighted by atomic mass is 16.5. The molecule has 0 aromatic rings. The molecule has 138 valence electrons. The Morgan fingerprint density at radius 2 is 1.92 bits per heavy atom. The number of nitrogens with two attached hydrogens (primary N) is 1. The molecule has 1 fully saturated rings. The van der Waals surface area contributed by atoms with E-state index in [2.05, 4.69) is 26.1 Å². The van der Waals surface area contributed by atoms with Crippen LogP contribution in [-0.4, -0.2) is 52.9 Å².